The van der Waals surface area contributed by atoms with E-state index in [2.05, 4.69) is 21.1 Å². The summed E-state index contributed by atoms with van der Waals surface area (Å²) in [7, 11) is -2.92. The van der Waals surface area contributed by atoms with Gasteiger partial charge in [0, 0.05) is 36.0 Å². The molecule has 3 heterocycles. The molecule has 0 amide bonds. The Morgan fingerprint density at radius 3 is 2.65 bits per heavy atom. The minimum absolute atomic E-state index is 0.188. The average molecular weight is 438 g/mol. The Bertz CT molecular complexity index is 1240. The lowest BCUT2D eigenvalue weighted by atomic mass is 10.0. The topological polar surface area (TPSA) is 96.0 Å². The smallest absolute Gasteiger partial charge is 0.152 e. The standard InChI is InChI=1S/C23H23N3O4S/c27-25-22-7-5-16-13-17(4-6-19(16)22)23-20(21-3-1-2-8-24-21)14-18(30-23)15-26-9-11-31(28,29)12-10-26/h1-4,6,8,13-14,27H,5,7,9-12,15H2. The van der Waals surface area contributed by atoms with E-state index < -0.39 is 9.84 Å². The van der Waals surface area contributed by atoms with Crippen molar-refractivity contribution in [3.05, 3.63) is 65.5 Å². The minimum atomic E-state index is -2.92. The van der Waals surface area contributed by atoms with E-state index in [0.717, 1.165) is 52.3 Å². The monoisotopic (exact) mass is 437 g/mol. The maximum Gasteiger partial charge on any atom is 0.152 e. The van der Waals surface area contributed by atoms with Crippen LogP contribution in [0.3, 0.4) is 0 Å². The third kappa shape index (κ3) is 4.00. The first kappa shape index (κ1) is 20.0. The molecule has 1 aliphatic heterocycles. The first-order valence-corrected chi connectivity index (χ1v) is 12.2. The van der Waals surface area contributed by atoms with E-state index in [4.69, 9.17) is 4.42 Å². The highest BCUT2D eigenvalue weighted by molar-refractivity contribution is 7.91. The highest BCUT2D eigenvalue weighted by Crippen LogP contribution is 2.37. The molecule has 3 aromatic rings. The molecular formula is C23H23N3O4S. The number of furan rings is 1. The molecule has 160 valence electrons. The van der Waals surface area contributed by atoms with Gasteiger partial charge in [-0.05, 0) is 42.7 Å². The van der Waals surface area contributed by atoms with Gasteiger partial charge in [-0.1, -0.05) is 23.4 Å². The molecule has 1 aromatic carbocycles. The zero-order valence-electron chi connectivity index (χ0n) is 17.0. The van der Waals surface area contributed by atoms with Crippen LogP contribution in [0.2, 0.25) is 0 Å². The molecule has 2 aliphatic rings. The quantitative estimate of drug-likeness (QED) is 0.497. The van der Waals surface area contributed by atoms with Gasteiger partial charge >= 0.3 is 0 Å². The van der Waals surface area contributed by atoms with Gasteiger partial charge in [0.2, 0.25) is 0 Å². The number of nitrogens with zero attached hydrogens (tertiary/aromatic N) is 3. The molecule has 5 rings (SSSR count). The zero-order chi connectivity index (χ0) is 21.4. The van der Waals surface area contributed by atoms with Crippen molar-refractivity contribution in [2.75, 3.05) is 24.6 Å². The molecule has 1 N–H and O–H groups in total. The third-order valence-corrected chi connectivity index (χ3v) is 7.58. The SMILES string of the molecule is O=S1(=O)CCN(Cc2cc(-c3ccccn3)c(-c3ccc4c(c3)CCC4=NO)o2)CC1. The molecule has 0 unspecified atom stereocenters. The van der Waals surface area contributed by atoms with Crippen molar-refractivity contribution >= 4 is 15.5 Å². The summed E-state index contributed by atoms with van der Waals surface area (Å²) in [6.45, 7) is 1.58. The fourth-order valence-electron chi connectivity index (χ4n) is 4.29. The zero-order valence-corrected chi connectivity index (χ0v) is 17.8. The fraction of sp³-hybridized carbons (Fsp3) is 0.304. The summed E-state index contributed by atoms with van der Waals surface area (Å²) < 4.78 is 29.8. The van der Waals surface area contributed by atoms with E-state index in [0.29, 0.717) is 25.3 Å². The van der Waals surface area contributed by atoms with Crippen LogP contribution in [0.4, 0.5) is 0 Å². The predicted octanol–water partition coefficient (Wildman–Crippen LogP) is 3.36. The number of rotatable bonds is 4. The summed E-state index contributed by atoms with van der Waals surface area (Å²) in [5, 5.41) is 12.6. The summed E-state index contributed by atoms with van der Waals surface area (Å²) >= 11 is 0. The van der Waals surface area contributed by atoms with Gasteiger partial charge in [0.1, 0.15) is 11.5 Å². The van der Waals surface area contributed by atoms with E-state index in [1.807, 2.05) is 36.4 Å². The molecule has 0 radical (unpaired) electrons. The Morgan fingerprint density at radius 2 is 1.90 bits per heavy atom. The second-order valence-corrected chi connectivity index (χ2v) is 10.3. The number of aryl methyl sites for hydroxylation is 1. The van der Waals surface area contributed by atoms with Crippen LogP contribution in [0.25, 0.3) is 22.6 Å². The molecule has 0 spiro atoms. The van der Waals surface area contributed by atoms with Gasteiger partial charge in [-0.3, -0.25) is 9.88 Å². The van der Waals surface area contributed by atoms with Gasteiger partial charge in [-0.15, -0.1) is 0 Å². The summed E-state index contributed by atoms with van der Waals surface area (Å²) in [5.74, 6) is 1.91. The summed E-state index contributed by atoms with van der Waals surface area (Å²) in [6, 6.07) is 13.8. The number of oxime groups is 1. The van der Waals surface area contributed by atoms with E-state index in [-0.39, 0.29) is 11.5 Å². The molecule has 0 saturated carbocycles. The normalized spacial score (nSPS) is 19.5. The van der Waals surface area contributed by atoms with Crippen molar-refractivity contribution in [1.82, 2.24) is 9.88 Å². The van der Waals surface area contributed by atoms with Gasteiger partial charge in [0.05, 0.1) is 29.5 Å². The van der Waals surface area contributed by atoms with Crippen LogP contribution in [0, 0.1) is 0 Å². The van der Waals surface area contributed by atoms with Gasteiger partial charge in [-0.2, -0.15) is 0 Å². The lowest BCUT2D eigenvalue weighted by Gasteiger charge is -2.25. The predicted molar refractivity (Wildman–Crippen MR) is 118 cm³/mol. The van der Waals surface area contributed by atoms with Gasteiger partial charge < -0.3 is 9.62 Å². The average Bonchev–Trinajstić information content (AvgIpc) is 3.39. The molecule has 7 nitrogen and oxygen atoms in total. The van der Waals surface area contributed by atoms with Crippen LogP contribution in [-0.4, -0.2) is 53.8 Å². The summed E-state index contributed by atoms with van der Waals surface area (Å²) in [5.41, 5.74) is 5.52. The molecule has 31 heavy (non-hydrogen) atoms. The Morgan fingerprint density at radius 1 is 1.06 bits per heavy atom. The molecular weight excluding hydrogens is 414 g/mol. The number of hydrogen-bond donors (Lipinski definition) is 1. The van der Waals surface area contributed by atoms with Gasteiger partial charge in [0.15, 0.2) is 9.84 Å². The fourth-order valence-corrected chi connectivity index (χ4v) is 5.57. The first-order chi connectivity index (χ1) is 15.0. The van der Waals surface area contributed by atoms with Crippen LogP contribution in [0.15, 0.2) is 58.2 Å². The summed E-state index contributed by atoms with van der Waals surface area (Å²) in [4.78, 5) is 6.62. The second kappa shape index (κ2) is 7.94. The lowest BCUT2D eigenvalue weighted by molar-refractivity contribution is 0.263. The van der Waals surface area contributed by atoms with Crippen LogP contribution in [0.5, 0.6) is 0 Å². The molecule has 0 atom stereocenters. The van der Waals surface area contributed by atoms with E-state index in [9.17, 15) is 13.6 Å². The maximum atomic E-state index is 11.7. The molecule has 2 aromatic heterocycles. The van der Waals surface area contributed by atoms with Crippen molar-refractivity contribution < 1.29 is 18.0 Å². The van der Waals surface area contributed by atoms with E-state index >= 15 is 0 Å². The highest BCUT2D eigenvalue weighted by atomic mass is 32.2. The number of aromatic nitrogens is 1. The van der Waals surface area contributed by atoms with Crippen molar-refractivity contribution in [3.8, 4) is 22.6 Å². The minimum Gasteiger partial charge on any atom is -0.459 e. The number of hydrogen-bond acceptors (Lipinski definition) is 7. The Balaban J connectivity index is 1.51. The Hall–Kier alpha value is -2.97. The maximum absolute atomic E-state index is 11.7. The Kier molecular flexibility index (Phi) is 5.11. The van der Waals surface area contributed by atoms with Crippen LogP contribution in [0.1, 0.15) is 23.3 Å². The van der Waals surface area contributed by atoms with E-state index in [1.165, 1.54) is 0 Å². The number of benzene rings is 1. The van der Waals surface area contributed by atoms with Crippen LogP contribution < -0.4 is 0 Å². The Labute approximate surface area is 180 Å². The van der Waals surface area contributed by atoms with E-state index in [1.54, 1.807) is 6.20 Å². The number of fused-ring (bicyclic) bond motifs is 1. The van der Waals surface area contributed by atoms with Gasteiger partial charge in [0.25, 0.3) is 0 Å². The van der Waals surface area contributed by atoms with Crippen molar-refractivity contribution in [2.24, 2.45) is 5.16 Å². The largest absolute Gasteiger partial charge is 0.459 e. The molecule has 1 aliphatic carbocycles. The summed E-state index contributed by atoms with van der Waals surface area (Å²) in [6.07, 6.45) is 3.31. The highest BCUT2D eigenvalue weighted by Gasteiger charge is 2.25. The van der Waals surface area contributed by atoms with Crippen molar-refractivity contribution in [2.45, 2.75) is 19.4 Å². The van der Waals surface area contributed by atoms with Crippen LogP contribution >= 0.6 is 0 Å². The second-order valence-electron chi connectivity index (χ2n) is 8.02. The number of sulfone groups is 1. The van der Waals surface area contributed by atoms with Crippen molar-refractivity contribution in [3.63, 3.8) is 0 Å². The first-order valence-electron chi connectivity index (χ1n) is 10.3. The molecule has 0 bridgehead atoms. The molecule has 1 saturated heterocycles. The third-order valence-electron chi connectivity index (χ3n) is 5.97. The molecule has 1 fully saturated rings. The number of pyridine rings is 1. The van der Waals surface area contributed by atoms with Crippen molar-refractivity contribution in [1.29, 1.82) is 0 Å². The molecule has 8 heteroatoms. The van der Waals surface area contributed by atoms with Crippen LogP contribution in [-0.2, 0) is 22.8 Å². The lowest BCUT2D eigenvalue weighted by Crippen LogP contribution is -2.39. The van der Waals surface area contributed by atoms with Gasteiger partial charge in [-0.25, -0.2) is 8.42 Å².